The van der Waals surface area contributed by atoms with E-state index in [1.54, 1.807) is 11.3 Å². The predicted octanol–water partition coefficient (Wildman–Crippen LogP) is 6.62. The van der Waals surface area contributed by atoms with Crippen molar-refractivity contribution in [2.45, 2.75) is 0 Å². The SMILES string of the molecule is Clc1ccc2sc(-c3ccccc3)c(C#Cc3ccccc3)c2c1. The molecule has 0 aliphatic rings. The Morgan fingerprint density at radius 1 is 0.750 bits per heavy atom. The van der Waals surface area contributed by atoms with E-state index < -0.39 is 0 Å². The van der Waals surface area contributed by atoms with E-state index in [1.165, 1.54) is 15.1 Å². The lowest BCUT2D eigenvalue weighted by Gasteiger charge is -1.99. The quantitative estimate of drug-likeness (QED) is 0.340. The molecule has 0 saturated heterocycles. The lowest BCUT2D eigenvalue weighted by molar-refractivity contribution is 1.64. The number of fused-ring (bicyclic) bond motifs is 1. The minimum atomic E-state index is 0.739. The summed E-state index contributed by atoms with van der Waals surface area (Å²) in [6, 6.07) is 26.5. The minimum Gasteiger partial charge on any atom is -0.134 e. The van der Waals surface area contributed by atoms with Gasteiger partial charge in [0, 0.05) is 20.7 Å². The van der Waals surface area contributed by atoms with Gasteiger partial charge in [0.15, 0.2) is 0 Å². The zero-order chi connectivity index (χ0) is 16.4. The van der Waals surface area contributed by atoms with Crippen molar-refractivity contribution in [1.29, 1.82) is 0 Å². The van der Waals surface area contributed by atoms with E-state index >= 15 is 0 Å². The van der Waals surface area contributed by atoms with Crippen molar-refractivity contribution in [3.63, 3.8) is 0 Å². The summed E-state index contributed by atoms with van der Waals surface area (Å²) in [5.41, 5.74) is 3.25. The van der Waals surface area contributed by atoms with Crippen LogP contribution in [0.1, 0.15) is 11.1 Å². The largest absolute Gasteiger partial charge is 0.134 e. The van der Waals surface area contributed by atoms with Crippen molar-refractivity contribution >= 4 is 33.0 Å². The zero-order valence-corrected chi connectivity index (χ0v) is 14.4. The molecule has 0 atom stereocenters. The number of halogens is 1. The minimum absolute atomic E-state index is 0.739. The Morgan fingerprint density at radius 2 is 1.46 bits per heavy atom. The molecule has 0 radical (unpaired) electrons. The number of hydrogen-bond acceptors (Lipinski definition) is 1. The third kappa shape index (κ3) is 2.95. The summed E-state index contributed by atoms with van der Waals surface area (Å²) in [4.78, 5) is 1.19. The fourth-order valence-electron chi connectivity index (χ4n) is 2.64. The van der Waals surface area contributed by atoms with Gasteiger partial charge in [-0.2, -0.15) is 0 Å². The lowest BCUT2D eigenvalue weighted by atomic mass is 10.1. The van der Waals surface area contributed by atoms with Gasteiger partial charge < -0.3 is 0 Å². The van der Waals surface area contributed by atoms with Gasteiger partial charge in [0.1, 0.15) is 0 Å². The van der Waals surface area contributed by atoms with Crippen molar-refractivity contribution in [3.8, 4) is 22.3 Å². The maximum atomic E-state index is 6.22. The van der Waals surface area contributed by atoms with Crippen LogP contribution in [0.25, 0.3) is 20.5 Å². The van der Waals surface area contributed by atoms with Gasteiger partial charge >= 0.3 is 0 Å². The summed E-state index contributed by atoms with van der Waals surface area (Å²) in [5.74, 6) is 6.66. The molecule has 0 aliphatic heterocycles. The maximum absolute atomic E-state index is 6.22. The Hall–Kier alpha value is -2.53. The van der Waals surface area contributed by atoms with E-state index in [0.717, 1.165) is 21.5 Å². The summed E-state index contributed by atoms with van der Waals surface area (Å²) < 4.78 is 1.20. The van der Waals surface area contributed by atoms with E-state index in [1.807, 2.05) is 48.5 Å². The zero-order valence-electron chi connectivity index (χ0n) is 12.8. The van der Waals surface area contributed by atoms with E-state index in [0.29, 0.717) is 0 Å². The first-order chi connectivity index (χ1) is 11.8. The first-order valence-electron chi connectivity index (χ1n) is 7.66. The lowest BCUT2D eigenvalue weighted by Crippen LogP contribution is -1.79. The van der Waals surface area contributed by atoms with Crippen LogP contribution in [0.2, 0.25) is 5.02 Å². The fourth-order valence-corrected chi connectivity index (χ4v) is 3.96. The van der Waals surface area contributed by atoms with E-state index in [2.05, 4.69) is 42.2 Å². The molecule has 0 amide bonds. The second kappa shape index (κ2) is 6.53. The Bertz CT molecular complexity index is 1050. The van der Waals surface area contributed by atoms with Gasteiger partial charge in [0.05, 0.1) is 10.4 Å². The van der Waals surface area contributed by atoms with Gasteiger partial charge in [0.2, 0.25) is 0 Å². The van der Waals surface area contributed by atoms with E-state index in [4.69, 9.17) is 11.6 Å². The average molecular weight is 345 g/mol. The highest BCUT2D eigenvalue weighted by Crippen LogP contribution is 2.39. The Morgan fingerprint density at radius 3 is 2.21 bits per heavy atom. The molecule has 4 aromatic rings. The normalized spacial score (nSPS) is 10.4. The molecule has 0 nitrogen and oxygen atoms in total. The molecule has 24 heavy (non-hydrogen) atoms. The molecule has 4 rings (SSSR count). The van der Waals surface area contributed by atoms with Crippen LogP contribution in [0, 0.1) is 11.8 Å². The molecule has 2 heteroatoms. The van der Waals surface area contributed by atoms with Crippen LogP contribution in [0.5, 0.6) is 0 Å². The van der Waals surface area contributed by atoms with Gasteiger partial charge in [-0.15, -0.1) is 11.3 Å². The smallest absolute Gasteiger partial charge is 0.0514 e. The van der Waals surface area contributed by atoms with Crippen LogP contribution in [0.15, 0.2) is 78.9 Å². The van der Waals surface area contributed by atoms with Gasteiger partial charge in [-0.25, -0.2) is 0 Å². The van der Waals surface area contributed by atoms with Gasteiger partial charge in [-0.1, -0.05) is 72.0 Å². The molecule has 0 unspecified atom stereocenters. The summed E-state index contributed by atoms with van der Waals surface area (Å²) in [5, 5.41) is 1.86. The van der Waals surface area contributed by atoms with Crippen LogP contribution < -0.4 is 0 Å². The second-order valence-corrected chi connectivity index (χ2v) is 6.92. The van der Waals surface area contributed by atoms with Crippen molar-refractivity contribution in [1.82, 2.24) is 0 Å². The molecule has 0 aliphatic carbocycles. The first kappa shape index (κ1) is 15.0. The van der Waals surface area contributed by atoms with Crippen molar-refractivity contribution < 1.29 is 0 Å². The fraction of sp³-hybridized carbons (Fsp3) is 0. The summed E-state index contributed by atoms with van der Waals surface area (Å²) in [7, 11) is 0. The molecular formula is C22H13ClS. The highest BCUT2D eigenvalue weighted by molar-refractivity contribution is 7.22. The first-order valence-corrected chi connectivity index (χ1v) is 8.85. The molecule has 0 saturated carbocycles. The van der Waals surface area contributed by atoms with Crippen LogP contribution >= 0.6 is 22.9 Å². The number of thiophene rings is 1. The van der Waals surface area contributed by atoms with E-state index in [-0.39, 0.29) is 0 Å². The summed E-state index contributed by atoms with van der Waals surface area (Å²) >= 11 is 7.98. The van der Waals surface area contributed by atoms with Gasteiger partial charge in [0.25, 0.3) is 0 Å². The number of rotatable bonds is 1. The monoisotopic (exact) mass is 344 g/mol. The molecule has 0 bridgehead atoms. The molecule has 0 spiro atoms. The van der Waals surface area contributed by atoms with Crippen LogP contribution in [0.3, 0.4) is 0 Å². The second-order valence-electron chi connectivity index (χ2n) is 5.43. The highest BCUT2D eigenvalue weighted by atomic mass is 35.5. The van der Waals surface area contributed by atoms with Crippen molar-refractivity contribution in [3.05, 3.63) is 95.0 Å². The predicted molar refractivity (Wildman–Crippen MR) is 105 cm³/mol. The number of hydrogen-bond donors (Lipinski definition) is 0. The Kier molecular flexibility index (Phi) is 4.09. The molecule has 1 aromatic heterocycles. The standard InChI is InChI=1S/C22H13ClS/c23-18-12-14-21-20(15-18)19(13-11-16-7-3-1-4-8-16)22(24-21)17-9-5-2-6-10-17/h1-10,12,14-15H. The third-order valence-corrected chi connectivity index (χ3v) is 5.25. The Balaban J connectivity index is 1.95. The van der Waals surface area contributed by atoms with Crippen LogP contribution in [-0.2, 0) is 0 Å². The molecular weight excluding hydrogens is 332 g/mol. The Labute approximate surface area is 150 Å². The van der Waals surface area contributed by atoms with Crippen molar-refractivity contribution in [2.75, 3.05) is 0 Å². The summed E-state index contributed by atoms with van der Waals surface area (Å²) in [6.07, 6.45) is 0. The topological polar surface area (TPSA) is 0 Å². The number of benzene rings is 3. The molecule has 1 heterocycles. The molecule has 3 aromatic carbocycles. The van der Waals surface area contributed by atoms with Crippen molar-refractivity contribution in [2.24, 2.45) is 0 Å². The average Bonchev–Trinajstić information content (AvgIpc) is 2.99. The molecule has 0 N–H and O–H groups in total. The highest BCUT2D eigenvalue weighted by Gasteiger charge is 2.12. The van der Waals surface area contributed by atoms with E-state index in [9.17, 15) is 0 Å². The van der Waals surface area contributed by atoms with Gasteiger partial charge in [-0.3, -0.25) is 0 Å². The maximum Gasteiger partial charge on any atom is 0.0514 e. The third-order valence-electron chi connectivity index (χ3n) is 3.79. The molecule has 114 valence electrons. The van der Waals surface area contributed by atoms with Gasteiger partial charge in [-0.05, 0) is 35.9 Å². The van der Waals surface area contributed by atoms with Crippen LogP contribution in [-0.4, -0.2) is 0 Å². The molecule has 0 fully saturated rings. The summed E-state index contributed by atoms with van der Waals surface area (Å²) in [6.45, 7) is 0. The van der Waals surface area contributed by atoms with Crippen LogP contribution in [0.4, 0.5) is 0 Å².